The Bertz CT molecular complexity index is 500. The summed E-state index contributed by atoms with van der Waals surface area (Å²) in [6.07, 6.45) is 0. The van der Waals surface area contributed by atoms with Gasteiger partial charge < -0.3 is 5.32 Å². The topological polar surface area (TPSA) is 29.9 Å². The molecule has 0 fully saturated rings. The second kappa shape index (κ2) is 3.92. The third kappa shape index (κ3) is 1.88. The summed E-state index contributed by atoms with van der Waals surface area (Å²) in [4.78, 5) is 0. The van der Waals surface area contributed by atoms with E-state index in [1.807, 2.05) is 6.92 Å². The molecule has 1 aromatic carbocycles. The highest BCUT2D eigenvalue weighted by Gasteiger charge is 2.10. The quantitative estimate of drug-likeness (QED) is 0.848. The van der Waals surface area contributed by atoms with Gasteiger partial charge in [0, 0.05) is 13.1 Å². The molecule has 0 unspecified atom stereocenters. The Morgan fingerprint density at radius 3 is 2.38 bits per heavy atom. The van der Waals surface area contributed by atoms with Gasteiger partial charge in [0.2, 0.25) is 0 Å². The Hall–Kier alpha value is -1.91. The first-order chi connectivity index (χ1) is 7.58. The Morgan fingerprint density at radius 1 is 1.25 bits per heavy atom. The van der Waals surface area contributed by atoms with Crippen LogP contribution in [0, 0.1) is 18.6 Å². The van der Waals surface area contributed by atoms with E-state index in [0.717, 1.165) is 5.69 Å². The molecule has 2 rings (SSSR count). The van der Waals surface area contributed by atoms with Gasteiger partial charge in [0.25, 0.3) is 0 Å². The predicted octanol–water partition coefficient (Wildman–Crippen LogP) is 2.75. The van der Waals surface area contributed by atoms with Crippen molar-refractivity contribution in [3.05, 3.63) is 41.6 Å². The molecule has 1 aromatic heterocycles. The molecule has 1 N–H and O–H groups in total. The van der Waals surface area contributed by atoms with E-state index in [2.05, 4.69) is 10.4 Å². The lowest BCUT2D eigenvalue weighted by Crippen LogP contribution is -2.02. The highest BCUT2D eigenvalue weighted by Crippen LogP contribution is 2.23. The third-order valence-corrected chi connectivity index (χ3v) is 2.22. The SMILES string of the molecule is Cc1cc(Nc2c(F)cccc2F)n(C)n1. The molecule has 0 aliphatic carbocycles. The minimum absolute atomic E-state index is 0.162. The first-order valence-corrected chi connectivity index (χ1v) is 4.79. The predicted molar refractivity (Wildman–Crippen MR) is 57.6 cm³/mol. The minimum Gasteiger partial charge on any atom is -0.336 e. The van der Waals surface area contributed by atoms with Gasteiger partial charge in [-0.3, -0.25) is 4.68 Å². The number of para-hydroxylation sites is 1. The van der Waals surface area contributed by atoms with Gasteiger partial charge in [-0.15, -0.1) is 0 Å². The zero-order valence-corrected chi connectivity index (χ0v) is 8.96. The van der Waals surface area contributed by atoms with Crippen LogP contribution in [0.4, 0.5) is 20.3 Å². The van der Waals surface area contributed by atoms with Crippen molar-refractivity contribution in [2.45, 2.75) is 6.92 Å². The van der Waals surface area contributed by atoms with Gasteiger partial charge >= 0.3 is 0 Å². The molecule has 0 spiro atoms. The average molecular weight is 223 g/mol. The Morgan fingerprint density at radius 2 is 1.88 bits per heavy atom. The summed E-state index contributed by atoms with van der Waals surface area (Å²) >= 11 is 0. The number of anilines is 2. The number of aryl methyl sites for hydroxylation is 2. The average Bonchev–Trinajstić information content (AvgIpc) is 2.51. The van der Waals surface area contributed by atoms with Gasteiger partial charge in [0.15, 0.2) is 0 Å². The van der Waals surface area contributed by atoms with E-state index in [1.165, 1.54) is 22.9 Å². The molecule has 2 aromatic rings. The standard InChI is InChI=1S/C11H11F2N3/c1-7-6-10(16(2)15-7)14-11-8(12)4-3-5-9(11)13/h3-6,14H,1-2H3. The zero-order chi connectivity index (χ0) is 11.7. The molecule has 16 heavy (non-hydrogen) atoms. The largest absolute Gasteiger partial charge is 0.336 e. The maximum atomic E-state index is 13.3. The fourth-order valence-corrected chi connectivity index (χ4v) is 1.47. The second-order valence-electron chi connectivity index (χ2n) is 3.52. The van der Waals surface area contributed by atoms with Gasteiger partial charge in [-0.05, 0) is 19.1 Å². The molecule has 0 bridgehead atoms. The number of hydrogen-bond donors (Lipinski definition) is 1. The normalized spacial score (nSPS) is 10.5. The molecule has 0 aliphatic heterocycles. The number of hydrogen-bond acceptors (Lipinski definition) is 2. The first kappa shape index (κ1) is 10.6. The zero-order valence-electron chi connectivity index (χ0n) is 8.96. The fourth-order valence-electron chi connectivity index (χ4n) is 1.47. The molecule has 0 saturated carbocycles. The Labute approximate surface area is 91.7 Å². The van der Waals surface area contributed by atoms with Gasteiger partial charge in [-0.25, -0.2) is 8.78 Å². The number of rotatable bonds is 2. The highest BCUT2D eigenvalue weighted by atomic mass is 19.1. The smallest absolute Gasteiger partial charge is 0.149 e. The van der Waals surface area contributed by atoms with Crippen molar-refractivity contribution in [1.29, 1.82) is 0 Å². The summed E-state index contributed by atoms with van der Waals surface area (Å²) in [5.41, 5.74) is 0.618. The lowest BCUT2D eigenvalue weighted by Gasteiger charge is -2.08. The number of benzene rings is 1. The molecule has 3 nitrogen and oxygen atoms in total. The van der Waals surface area contributed by atoms with Crippen LogP contribution in [0.15, 0.2) is 24.3 Å². The van der Waals surface area contributed by atoms with Crippen LogP contribution < -0.4 is 5.32 Å². The van der Waals surface area contributed by atoms with Crippen LogP contribution in [0.25, 0.3) is 0 Å². The number of halogens is 2. The molecule has 5 heteroatoms. The Kier molecular flexibility index (Phi) is 2.60. The Balaban J connectivity index is 2.37. The summed E-state index contributed by atoms with van der Waals surface area (Å²) in [5.74, 6) is -0.709. The second-order valence-corrected chi connectivity index (χ2v) is 3.52. The summed E-state index contributed by atoms with van der Waals surface area (Å²) in [6.45, 7) is 1.81. The molecule has 1 heterocycles. The van der Waals surface area contributed by atoms with E-state index in [9.17, 15) is 8.78 Å². The van der Waals surface area contributed by atoms with E-state index in [0.29, 0.717) is 5.82 Å². The maximum Gasteiger partial charge on any atom is 0.149 e. The molecule has 84 valence electrons. The van der Waals surface area contributed by atoms with Crippen molar-refractivity contribution in [2.75, 3.05) is 5.32 Å². The van der Waals surface area contributed by atoms with E-state index < -0.39 is 11.6 Å². The van der Waals surface area contributed by atoms with Crippen molar-refractivity contribution in [3.63, 3.8) is 0 Å². The minimum atomic E-state index is -0.626. The molecule has 0 amide bonds. The van der Waals surface area contributed by atoms with Gasteiger partial charge in [-0.1, -0.05) is 6.07 Å². The van der Waals surface area contributed by atoms with Crippen molar-refractivity contribution < 1.29 is 8.78 Å². The van der Waals surface area contributed by atoms with E-state index >= 15 is 0 Å². The molecular weight excluding hydrogens is 212 g/mol. The maximum absolute atomic E-state index is 13.3. The monoisotopic (exact) mass is 223 g/mol. The van der Waals surface area contributed by atoms with Crippen LogP contribution >= 0.6 is 0 Å². The lowest BCUT2D eigenvalue weighted by atomic mass is 10.3. The third-order valence-electron chi connectivity index (χ3n) is 2.22. The summed E-state index contributed by atoms with van der Waals surface area (Å²) in [6, 6.07) is 5.44. The number of aromatic nitrogens is 2. The van der Waals surface area contributed by atoms with Crippen LogP contribution in [0.3, 0.4) is 0 Å². The molecular formula is C11H11F2N3. The van der Waals surface area contributed by atoms with Crippen LogP contribution in [-0.4, -0.2) is 9.78 Å². The van der Waals surface area contributed by atoms with E-state index in [1.54, 1.807) is 13.1 Å². The molecule has 0 aliphatic rings. The van der Waals surface area contributed by atoms with Crippen molar-refractivity contribution in [3.8, 4) is 0 Å². The first-order valence-electron chi connectivity index (χ1n) is 4.79. The van der Waals surface area contributed by atoms with Gasteiger partial charge in [-0.2, -0.15) is 5.10 Å². The van der Waals surface area contributed by atoms with Crippen molar-refractivity contribution >= 4 is 11.5 Å². The molecule has 0 saturated heterocycles. The lowest BCUT2D eigenvalue weighted by molar-refractivity contribution is 0.590. The molecule has 0 atom stereocenters. The number of nitrogens with zero attached hydrogens (tertiary/aromatic N) is 2. The summed E-state index contributed by atoms with van der Waals surface area (Å²) < 4.78 is 28.2. The fraction of sp³-hybridized carbons (Fsp3) is 0.182. The highest BCUT2D eigenvalue weighted by molar-refractivity contribution is 5.58. The summed E-state index contributed by atoms with van der Waals surface area (Å²) in [5, 5.41) is 6.76. The van der Waals surface area contributed by atoms with Crippen molar-refractivity contribution in [2.24, 2.45) is 7.05 Å². The van der Waals surface area contributed by atoms with Gasteiger partial charge in [0.1, 0.15) is 23.1 Å². The van der Waals surface area contributed by atoms with Gasteiger partial charge in [0.05, 0.1) is 5.69 Å². The van der Waals surface area contributed by atoms with Crippen molar-refractivity contribution in [1.82, 2.24) is 9.78 Å². The van der Waals surface area contributed by atoms with E-state index in [4.69, 9.17) is 0 Å². The van der Waals surface area contributed by atoms with E-state index in [-0.39, 0.29) is 5.69 Å². The van der Waals surface area contributed by atoms with Crippen LogP contribution in [0.1, 0.15) is 5.69 Å². The summed E-state index contributed by atoms with van der Waals surface area (Å²) in [7, 11) is 1.70. The molecule has 0 radical (unpaired) electrons. The van der Waals surface area contributed by atoms with Crippen LogP contribution in [-0.2, 0) is 7.05 Å². The van der Waals surface area contributed by atoms with Crippen LogP contribution in [0.2, 0.25) is 0 Å². The number of nitrogens with one attached hydrogen (secondary N) is 1. The van der Waals surface area contributed by atoms with Crippen LogP contribution in [0.5, 0.6) is 0 Å².